The van der Waals surface area contributed by atoms with Crippen molar-refractivity contribution in [2.75, 3.05) is 0 Å². The van der Waals surface area contributed by atoms with Crippen molar-refractivity contribution < 1.29 is 0 Å². The molecule has 0 amide bonds. The van der Waals surface area contributed by atoms with Crippen LogP contribution in [-0.4, -0.2) is 6.21 Å². The predicted octanol–water partition coefficient (Wildman–Crippen LogP) is 5.00. The third-order valence-corrected chi connectivity index (χ3v) is 3.95. The van der Waals surface area contributed by atoms with E-state index < -0.39 is 0 Å². The molecule has 1 fully saturated rings. The van der Waals surface area contributed by atoms with Gasteiger partial charge in [0.25, 0.3) is 0 Å². The Balaban J connectivity index is 2.03. The molecule has 0 aromatic heterocycles. The Labute approximate surface area is 116 Å². The van der Waals surface area contributed by atoms with Gasteiger partial charge in [-0.3, -0.25) is 4.99 Å². The SMILES string of the molecule is C/C=C/C1(C)CC1/C(=C/N=Cc1ccccc1)CC. The maximum Gasteiger partial charge on any atom is 0.0340 e. The summed E-state index contributed by atoms with van der Waals surface area (Å²) in [6, 6.07) is 10.2. The van der Waals surface area contributed by atoms with Crippen LogP contribution in [0.2, 0.25) is 0 Å². The molecular weight excluding hydrogens is 230 g/mol. The zero-order valence-corrected chi connectivity index (χ0v) is 12.1. The minimum absolute atomic E-state index is 0.374. The van der Waals surface area contributed by atoms with Gasteiger partial charge in [0, 0.05) is 12.4 Å². The Hall–Kier alpha value is -1.63. The summed E-state index contributed by atoms with van der Waals surface area (Å²) >= 11 is 0. The summed E-state index contributed by atoms with van der Waals surface area (Å²) in [4.78, 5) is 4.49. The maximum atomic E-state index is 4.49. The highest BCUT2D eigenvalue weighted by Gasteiger charge is 2.48. The number of benzene rings is 1. The second-order valence-electron chi connectivity index (χ2n) is 5.51. The van der Waals surface area contributed by atoms with Crippen LogP contribution in [0.25, 0.3) is 0 Å². The fraction of sp³-hybridized carbons (Fsp3) is 0.389. The van der Waals surface area contributed by atoms with Gasteiger partial charge in [-0.25, -0.2) is 0 Å². The quantitative estimate of drug-likeness (QED) is 0.517. The number of rotatable bonds is 5. The molecule has 1 aromatic carbocycles. The van der Waals surface area contributed by atoms with Gasteiger partial charge in [0.15, 0.2) is 0 Å². The van der Waals surface area contributed by atoms with E-state index in [4.69, 9.17) is 0 Å². The van der Waals surface area contributed by atoms with Gasteiger partial charge in [-0.15, -0.1) is 0 Å². The van der Waals surface area contributed by atoms with E-state index in [1.807, 2.05) is 24.4 Å². The lowest BCUT2D eigenvalue weighted by atomic mass is 10.00. The standard InChI is InChI=1S/C18H23N/c1-4-11-18(3)12-17(18)16(5-2)14-19-13-15-9-7-6-8-10-15/h4,6-11,13-14,17H,5,12H2,1-3H3/b11-4+,16-14+,19-13?. The van der Waals surface area contributed by atoms with Crippen molar-refractivity contribution in [3.63, 3.8) is 0 Å². The first-order valence-electron chi connectivity index (χ1n) is 7.10. The van der Waals surface area contributed by atoms with Crippen LogP contribution in [0, 0.1) is 11.3 Å². The largest absolute Gasteiger partial charge is 0.264 e. The van der Waals surface area contributed by atoms with E-state index in [9.17, 15) is 0 Å². The molecule has 1 aromatic rings. The first-order chi connectivity index (χ1) is 9.19. The molecule has 0 aliphatic heterocycles. The Morgan fingerprint density at radius 3 is 2.74 bits per heavy atom. The summed E-state index contributed by atoms with van der Waals surface area (Å²) in [7, 11) is 0. The molecule has 1 heteroatoms. The van der Waals surface area contributed by atoms with Crippen LogP contribution >= 0.6 is 0 Å². The third kappa shape index (κ3) is 3.44. The topological polar surface area (TPSA) is 12.4 Å². The van der Waals surface area contributed by atoms with Crippen LogP contribution in [0.15, 0.2) is 59.2 Å². The van der Waals surface area contributed by atoms with Crippen LogP contribution in [0.4, 0.5) is 0 Å². The predicted molar refractivity (Wildman–Crippen MR) is 83.4 cm³/mol. The monoisotopic (exact) mass is 253 g/mol. The van der Waals surface area contributed by atoms with Gasteiger partial charge in [0.05, 0.1) is 0 Å². The zero-order valence-electron chi connectivity index (χ0n) is 12.1. The van der Waals surface area contributed by atoms with Crippen molar-refractivity contribution >= 4 is 6.21 Å². The molecule has 0 radical (unpaired) electrons. The van der Waals surface area contributed by atoms with E-state index in [0.717, 1.165) is 12.0 Å². The average molecular weight is 253 g/mol. The highest BCUT2D eigenvalue weighted by molar-refractivity contribution is 5.79. The molecule has 1 nitrogen and oxygen atoms in total. The number of hydrogen-bond donors (Lipinski definition) is 0. The normalized spacial score (nSPS) is 27.3. The molecule has 0 heterocycles. The van der Waals surface area contributed by atoms with E-state index >= 15 is 0 Å². The molecule has 2 atom stereocenters. The molecule has 1 aliphatic rings. The van der Waals surface area contributed by atoms with E-state index in [-0.39, 0.29) is 0 Å². The molecule has 1 saturated carbocycles. The lowest BCUT2D eigenvalue weighted by Crippen LogP contribution is -1.95. The molecule has 19 heavy (non-hydrogen) atoms. The summed E-state index contributed by atoms with van der Waals surface area (Å²) in [5, 5.41) is 0. The Kier molecular flexibility index (Phi) is 4.36. The van der Waals surface area contributed by atoms with Crippen molar-refractivity contribution in [2.24, 2.45) is 16.3 Å². The van der Waals surface area contributed by atoms with Crippen LogP contribution in [-0.2, 0) is 0 Å². The molecule has 0 N–H and O–H groups in total. The summed E-state index contributed by atoms with van der Waals surface area (Å²) in [6.45, 7) is 6.66. The number of allylic oxidation sites excluding steroid dienone is 3. The van der Waals surface area contributed by atoms with E-state index in [2.05, 4.69) is 56.2 Å². The molecule has 100 valence electrons. The van der Waals surface area contributed by atoms with E-state index in [1.54, 1.807) is 0 Å². The van der Waals surface area contributed by atoms with Crippen molar-refractivity contribution in [3.8, 4) is 0 Å². The van der Waals surface area contributed by atoms with Crippen LogP contribution in [0.3, 0.4) is 0 Å². The second kappa shape index (κ2) is 6.01. The fourth-order valence-electron chi connectivity index (χ4n) is 2.69. The summed E-state index contributed by atoms with van der Waals surface area (Å²) in [5.74, 6) is 0.682. The van der Waals surface area contributed by atoms with E-state index in [0.29, 0.717) is 11.3 Å². The molecule has 0 saturated heterocycles. The average Bonchev–Trinajstić information content (AvgIpc) is 3.08. The number of hydrogen-bond acceptors (Lipinski definition) is 1. The molecule has 0 spiro atoms. The van der Waals surface area contributed by atoms with Crippen LogP contribution < -0.4 is 0 Å². The van der Waals surface area contributed by atoms with Gasteiger partial charge in [-0.05, 0) is 42.2 Å². The van der Waals surface area contributed by atoms with Gasteiger partial charge < -0.3 is 0 Å². The second-order valence-corrected chi connectivity index (χ2v) is 5.51. The smallest absolute Gasteiger partial charge is 0.0340 e. The van der Waals surface area contributed by atoms with Crippen LogP contribution in [0.1, 0.15) is 39.2 Å². The van der Waals surface area contributed by atoms with Gasteiger partial charge in [0.2, 0.25) is 0 Å². The summed E-state index contributed by atoms with van der Waals surface area (Å²) in [6.07, 6.45) is 10.8. The molecule has 2 unspecified atom stereocenters. The molecule has 1 aliphatic carbocycles. The number of nitrogens with zero attached hydrogens (tertiary/aromatic N) is 1. The van der Waals surface area contributed by atoms with Gasteiger partial charge in [0.1, 0.15) is 0 Å². The molecular formula is C18H23N. The minimum atomic E-state index is 0.374. The van der Waals surface area contributed by atoms with Crippen molar-refractivity contribution in [1.82, 2.24) is 0 Å². The lowest BCUT2D eigenvalue weighted by molar-refractivity contribution is 0.664. The van der Waals surface area contributed by atoms with Gasteiger partial charge in [-0.2, -0.15) is 0 Å². The van der Waals surface area contributed by atoms with Crippen molar-refractivity contribution in [2.45, 2.75) is 33.6 Å². The zero-order chi connectivity index (χ0) is 13.7. The Bertz CT molecular complexity index is 496. The minimum Gasteiger partial charge on any atom is -0.264 e. The first-order valence-corrected chi connectivity index (χ1v) is 7.10. The fourth-order valence-corrected chi connectivity index (χ4v) is 2.69. The summed E-state index contributed by atoms with van der Waals surface area (Å²) in [5.41, 5.74) is 2.99. The first kappa shape index (κ1) is 13.8. The third-order valence-electron chi connectivity index (χ3n) is 3.95. The van der Waals surface area contributed by atoms with Crippen LogP contribution in [0.5, 0.6) is 0 Å². The van der Waals surface area contributed by atoms with Crippen molar-refractivity contribution in [3.05, 3.63) is 59.8 Å². The van der Waals surface area contributed by atoms with Gasteiger partial charge >= 0.3 is 0 Å². The molecule has 2 rings (SSSR count). The van der Waals surface area contributed by atoms with E-state index in [1.165, 1.54) is 12.0 Å². The Morgan fingerprint density at radius 1 is 1.37 bits per heavy atom. The summed E-state index contributed by atoms with van der Waals surface area (Å²) < 4.78 is 0. The lowest BCUT2D eigenvalue weighted by Gasteiger charge is -2.06. The highest BCUT2D eigenvalue weighted by atomic mass is 14.7. The maximum absolute atomic E-state index is 4.49. The Morgan fingerprint density at radius 2 is 2.11 bits per heavy atom. The van der Waals surface area contributed by atoms with Gasteiger partial charge in [-0.1, -0.05) is 56.3 Å². The molecule has 0 bridgehead atoms. The number of aliphatic imine (C=N–C) groups is 1. The highest BCUT2D eigenvalue weighted by Crippen LogP contribution is 2.57. The van der Waals surface area contributed by atoms with Crippen molar-refractivity contribution in [1.29, 1.82) is 0 Å².